The van der Waals surface area contributed by atoms with E-state index in [1.54, 1.807) is 5.32 Å². The number of hydrogen-bond acceptors (Lipinski definition) is 5. The van der Waals surface area contributed by atoms with Crippen LogP contribution in [0.3, 0.4) is 0 Å². The van der Waals surface area contributed by atoms with Crippen molar-refractivity contribution < 1.29 is 32.6 Å². The number of carbonyl (C=O) groups excluding carboxylic acids is 1. The lowest BCUT2D eigenvalue weighted by Crippen LogP contribution is -2.56. The number of nitrogens with one attached hydrogen (secondary N) is 1. The number of carbonyl (C=O) groups is 2. The molecule has 6 nitrogen and oxygen atoms in total. The first-order valence-electron chi connectivity index (χ1n) is 5.25. The van der Waals surface area contributed by atoms with Gasteiger partial charge in [0, 0.05) is 6.20 Å². The summed E-state index contributed by atoms with van der Waals surface area (Å²) in [5.74, 6) is -3.61. The Morgan fingerprint density at radius 1 is 1.40 bits per heavy atom. The van der Waals surface area contributed by atoms with Crippen LogP contribution in [0, 0.1) is 0 Å². The van der Waals surface area contributed by atoms with Crippen LogP contribution in [-0.2, 0) is 9.53 Å². The van der Waals surface area contributed by atoms with Gasteiger partial charge in [0.05, 0.1) is 7.11 Å². The van der Waals surface area contributed by atoms with Crippen LogP contribution in [0.25, 0.3) is 0 Å². The van der Waals surface area contributed by atoms with Crippen molar-refractivity contribution in [3.05, 3.63) is 23.9 Å². The molecule has 0 radical (unpaired) electrons. The Hall–Kier alpha value is -2.32. The Labute approximate surface area is 111 Å². The molecule has 1 unspecified atom stereocenters. The number of nitrogens with zero attached hydrogens (tertiary/aromatic N) is 1. The van der Waals surface area contributed by atoms with Gasteiger partial charge in [0.15, 0.2) is 0 Å². The monoisotopic (exact) mass is 292 g/mol. The molecular weight excluding hydrogens is 281 g/mol. The molecule has 1 heterocycles. The average Bonchev–Trinajstić information content (AvgIpc) is 2.36. The lowest BCUT2D eigenvalue weighted by atomic mass is 10.0. The molecule has 110 valence electrons. The van der Waals surface area contributed by atoms with Crippen molar-refractivity contribution in [3.8, 4) is 0 Å². The maximum absolute atomic E-state index is 12.9. The van der Waals surface area contributed by atoms with Gasteiger partial charge in [-0.25, -0.2) is 14.6 Å². The fourth-order valence-electron chi connectivity index (χ4n) is 1.26. The van der Waals surface area contributed by atoms with Crippen molar-refractivity contribution in [2.75, 3.05) is 12.4 Å². The SMILES string of the molecule is COC(=O)c1cccnc1NC(C)(C(=O)O)C(F)(F)F. The van der Waals surface area contributed by atoms with Crippen LogP contribution in [0.15, 0.2) is 18.3 Å². The number of hydrogen-bond donors (Lipinski definition) is 2. The first-order chi connectivity index (χ1) is 9.13. The molecule has 0 aliphatic heterocycles. The average molecular weight is 292 g/mol. The number of rotatable bonds is 4. The second-order valence-corrected chi connectivity index (χ2v) is 3.94. The molecule has 0 amide bonds. The smallest absolute Gasteiger partial charge is 0.422 e. The molecule has 0 aliphatic rings. The Morgan fingerprint density at radius 2 is 2.00 bits per heavy atom. The molecule has 0 saturated carbocycles. The lowest BCUT2D eigenvalue weighted by Gasteiger charge is -2.29. The Morgan fingerprint density at radius 3 is 2.45 bits per heavy atom. The third-order valence-corrected chi connectivity index (χ3v) is 2.58. The highest BCUT2D eigenvalue weighted by atomic mass is 19.4. The van der Waals surface area contributed by atoms with E-state index in [4.69, 9.17) is 5.11 Å². The van der Waals surface area contributed by atoms with Crippen molar-refractivity contribution in [1.82, 2.24) is 4.98 Å². The number of alkyl halides is 3. The minimum Gasteiger partial charge on any atom is -0.479 e. The molecule has 2 N–H and O–H groups in total. The molecule has 0 saturated heterocycles. The van der Waals surface area contributed by atoms with Crippen LogP contribution in [-0.4, -0.2) is 40.9 Å². The zero-order chi connectivity index (χ0) is 15.6. The molecule has 0 aromatic carbocycles. The highest BCUT2D eigenvalue weighted by Gasteiger charge is 2.58. The Bertz CT molecular complexity index is 533. The number of carboxylic acids is 1. The molecule has 20 heavy (non-hydrogen) atoms. The minimum absolute atomic E-state index is 0.299. The predicted molar refractivity (Wildman–Crippen MR) is 61.3 cm³/mol. The summed E-state index contributed by atoms with van der Waals surface area (Å²) in [4.78, 5) is 25.9. The van der Waals surface area contributed by atoms with Gasteiger partial charge < -0.3 is 15.2 Å². The maximum atomic E-state index is 12.9. The maximum Gasteiger partial charge on any atom is 0.422 e. The molecule has 0 fully saturated rings. The number of aliphatic carboxylic acids is 1. The topological polar surface area (TPSA) is 88.5 Å². The van der Waals surface area contributed by atoms with Gasteiger partial charge in [-0.15, -0.1) is 0 Å². The van der Waals surface area contributed by atoms with Crippen LogP contribution in [0.4, 0.5) is 19.0 Å². The van der Waals surface area contributed by atoms with Crippen molar-refractivity contribution in [1.29, 1.82) is 0 Å². The molecule has 9 heteroatoms. The third-order valence-electron chi connectivity index (χ3n) is 2.58. The van der Waals surface area contributed by atoms with Crippen LogP contribution in [0.2, 0.25) is 0 Å². The third kappa shape index (κ3) is 2.81. The van der Waals surface area contributed by atoms with Gasteiger partial charge in [0.2, 0.25) is 5.54 Å². The van der Waals surface area contributed by atoms with Crippen LogP contribution < -0.4 is 5.32 Å². The summed E-state index contributed by atoms with van der Waals surface area (Å²) in [6.07, 6.45) is -3.98. The molecule has 0 spiro atoms. The number of halogens is 3. The van der Waals surface area contributed by atoms with Crippen LogP contribution in [0.5, 0.6) is 0 Å². The second-order valence-electron chi connectivity index (χ2n) is 3.94. The van der Waals surface area contributed by atoms with Crippen molar-refractivity contribution in [2.24, 2.45) is 0 Å². The number of aromatic nitrogens is 1. The fraction of sp³-hybridized carbons (Fsp3) is 0.364. The fourth-order valence-corrected chi connectivity index (χ4v) is 1.26. The largest absolute Gasteiger partial charge is 0.479 e. The van der Waals surface area contributed by atoms with E-state index in [2.05, 4.69) is 9.72 Å². The molecule has 1 aromatic rings. The van der Waals surface area contributed by atoms with Crippen LogP contribution >= 0.6 is 0 Å². The molecule has 0 aliphatic carbocycles. The van der Waals surface area contributed by atoms with E-state index in [9.17, 15) is 22.8 Å². The van der Waals surface area contributed by atoms with Crippen molar-refractivity contribution >= 4 is 17.8 Å². The summed E-state index contributed by atoms with van der Waals surface area (Å²) in [7, 11) is 1.04. The highest BCUT2D eigenvalue weighted by Crippen LogP contribution is 2.34. The lowest BCUT2D eigenvalue weighted by molar-refractivity contribution is -0.193. The van der Waals surface area contributed by atoms with E-state index < -0.39 is 29.5 Å². The van der Waals surface area contributed by atoms with Gasteiger partial charge in [-0.05, 0) is 19.1 Å². The van der Waals surface area contributed by atoms with E-state index >= 15 is 0 Å². The van der Waals surface area contributed by atoms with Gasteiger partial charge >= 0.3 is 18.1 Å². The van der Waals surface area contributed by atoms with Gasteiger partial charge in [-0.2, -0.15) is 13.2 Å². The quantitative estimate of drug-likeness (QED) is 0.821. The summed E-state index contributed by atoms with van der Waals surface area (Å²) in [5.41, 5.74) is -3.59. The molecule has 1 atom stereocenters. The van der Waals surface area contributed by atoms with E-state index in [0.29, 0.717) is 6.92 Å². The van der Waals surface area contributed by atoms with E-state index in [0.717, 1.165) is 13.3 Å². The van der Waals surface area contributed by atoms with E-state index in [-0.39, 0.29) is 5.56 Å². The summed E-state index contributed by atoms with van der Waals surface area (Å²) in [5, 5.41) is 10.5. The second kappa shape index (κ2) is 5.35. The van der Waals surface area contributed by atoms with Gasteiger partial charge in [-0.1, -0.05) is 0 Å². The van der Waals surface area contributed by atoms with E-state index in [1.165, 1.54) is 12.1 Å². The Kier molecular flexibility index (Phi) is 4.21. The number of pyridine rings is 1. The molecule has 1 aromatic heterocycles. The number of carboxylic acid groups (broad SMARTS) is 1. The number of methoxy groups -OCH3 is 1. The molecular formula is C11H11F3N2O4. The number of anilines is 1. The van der Waals surface area contributed by atoms with Crippen LogP contribution in [0.1, 0.15) is 17.3 Å². The van der Waals surface area contributed by atoms with Crippen molar-refractivity contribution in [3.63, 3.8) is 0 Å². The first kappa shape index (κ1) is 15.7. The summed E-state index contributed by atoms with van der Waals surface area (Å²) in [6, 6.07) is 2.48. The van der Waals surface area contributed by atoms with Gasteiger partial charge in [0.25, 0.3) is 0 Å². The highest BCUT2D eigenvalue weighted by molar-refractivity contribution is 5.95. The normalized spacial score (nSPS) is 14.2. The van der Waals surface area contributed by atoms with Gasteiger partial charge in [0.1, 0.15) is 11.4 Å². The number of esters is 1. The first-order valence-corrected chi connectivity index (χ1v) is 5.25. The zero-order valence-corrected chi connectivity index (χ0v) is 10.5. The van der Waals surface area contributed by atoms with E-state index in [1.807, 2.05) is 0 Å². The zero-order valence-electron chi connectivity index (χ0n) is 10.5. The standard InChI is InChI=1S/C11H11F3N2O4/c1-10(9(18)19,11(12,13)14)16-7-6(8(17)20-2)4-3-5-15-7/h3-5H,1-2H3,(H,15,16)(H,18,19). The Balaban J connectivity index is 3.27. The van der Waals surface area contributed by atoms with Crippen molar-refractivity contribution in [2.45, 2.75) is 18.6 Å². The summed E-state index contributed by atoms with van der Waals surface area (Å²) >= 11 is 0. The predicted octanol–water partition coefficient (Wildman–Crippen LogP) is 1.69. The summed E-state index contributed by atoms with van der Waals surface area (Å²) in [6.45, 7) is 0.436. The van der Waals surface area contributed by atoms with Gasteiger partial charge in [-0.3, -0.25) is 0 Å². The molecule has 1 rings (SSSR count). The number of ether oxygens (including phenoxy) is 1. The molecule has 0 bridgehead atoms. The minimum atomic E-state index is -5.09. The summed E-state index contributed by atoms with van der Waals surface area (Å²) < 4.78 is 43.0.